The molecule has 0 saturated carbocycles. The van der Waals surface area contributed by atoms with E-state index < -0.39 is 6.10 Å². The van der Waals surface area contributed by atoms with E-state index in [4.69, 9.17) is 4.74 Å². The summed E-state index contributed by atoms with van der Waals surface area (Å²) in [6.07, 6.45) is 3.44. The summed E-state index contributed by atoms with van der Waals surface area (Å²) in [6, 6.07) is 4.08. The Balaban J connectivity index is 2.09. The van der Waals surface area contributed by atoms with E-state index >= 15 is 0 Å². The van der Waals surface area contributed by atoms with Gasteiger partial charge >= 0.3 is 0 Å². The fourth-order valence-electron chi connectivity index (χ4n) is 2.88. The zero-order chi connectivity index (χ0) is 13.8. The SMILES string of the molecule is COc1cc(C)c(C(O)CN2CCCCC2)cc1C. The number of β-amino-alcohol motifs (C(OH)–C–C–N with tert-alkyl or cyclic N) is 1. The third kappa shape index (κ3) is 3.48. The minimum Gasteiger partial charge on any atom is -0.496 e. The van der Waals surface area contributed by atoms with Gasteiger partial charge in [0.1, 0.15) is 5.75 Å². The number of ether oxygens (including phenoxy) is 1. The van der Waals surface area contributed by atoms with Crippen LogP contribution in [-0.4, -0.2) is 36.8 Å². The summed E-state index contributed by atoms with van der Waals surface area (Å²) >= 11 is 0. The lowest BCUT2D eigenvalue weighted by Gasteiger charge is -2.29. The Morgan fingerprint density at radius 2 is 1.84 bits per heavy atom. The molecule has 1 aliphatic rings. The molecule has 106 valence electrons. The maximum atomic E-state index is 10.5. The first-order valence-electron chi connectivity index (χ1n) is 7.17. The fourth-order valence-corrected chi connectivity index (χ4v) is 2.88. The van der Waals surface area contributed by atoms with Gasteiger partial charge in [0, 0.05) is 6.54 Å². The molecule has 1 heterocycles. The Hall–Kier alpha value is -1.06. The van der Waals surface area contributed by atoms with Crippen LogP contribution in [0.5, 0.6) is 5.75 Å². The zero-order valence-corrected chi connectivity index (χ0v) is 12.3. The summed E-state index contributed by atoms with van der Waals surface area (Å²) in [5.41, 5.74) is 3.22. The highest BCUT2D eigenvalue weighted by molar-refractivity contribution is 5.42. The molecule has 3 nitrogen and oxygen atoms in total. The number of benzene rings is 1. The molecule has 1 N–H and O–H groups in total. The highest BCUT2D eigenvalue weighted by atomic mass is 16.5. The molecule has 0 radical (unpaired) electrons. The summed E-state index contributed by atoms with van der Waals surface area (Å²) in [5.74, 6) is 0.895. The van der Waals surface area contributed by atoms with E-state index in [-0.39, 0.29) is 0 Å². The predicted octanol–water partition coefficient (Wildman–Crippen LogP) is 2.83. The summed E-state index contributed by atoms with van der Waals surface area (Å²) in [7, 11) is 1.69. The fraction of sp³-hybridized carbons (Fsp3) is 0.625. The van der Waals surface area contributed by atoms with E-state index in [1.54, 1.807) is 7.11 Å². The number of hydrogen-bond acceptors (Lipinski definition) is 3. The van der Waals surface area contributed by atoms with Crippen molar-refractivity contribution in [3.8, 4) is 5.75 Å². The number of methoxy groups -OCH3 is 1. The Bertz CT molecular complexity index is 425. The van der Waals surface area contributed by atoms with Crippen molar-refractivity contribution in [1.29, 1.82) is 0 Å². The van der Waals surface area contributed by atoms with Crippen LogP contribution in [0.2, 0.25) is 0 Å². The molecule has 1 aromatic carbocycles. The van der Waals surface area contributed by atoms with Gasteiger partial charge in [-0.25, -0.2) is 0 Å². The average Bonchev–Trinajstić information content (AvgIpc) is 2.42. The van der Waals surface area contributed by atoms with E-state index in [0.717, 1.165) is 42.1 Å². The number of aliphatic hydroxyl groups is 1. The van der Waals surface area contributed by atoms with E-state index in [9.17, 15) is 5.11 Å². The highest BCUT2D eigenvalue weighted by Crippen LogP contribution is 2.27. The summed E-state index contributed by atoms with van der Waals surface area (Å²) in [6.45, 7) is 7.04. The van der Waals surface area contributed by atoms with Crippen LogP contribution in [0.1, 0.15) is 42.1 Å². The van der Waals surface area contributed by atoms with Crippen LogP contribution >= 0.6 is 0 Å². The first-order valence-corrected chi connectivity index (χ1v) is 7.17. The summed E-state index contributed by atoms with van der Waals surface area (Å²) in [5, 5.41) is 10.5. The lowest BCUT2D eigenvalue weighted by molar-refractivity contribution is 0.101. The third-order valence-electron chi connectivity index (χ3n) is 4.02. The van der Waals surface area contributed by atoms with Crippen LogP contribution < -0.4 is 4.74 Å². The number of piperidine rings is 1. The largest absolute Gasteiger partial charge is 0.496 e. The molecule has 1 unspecified atom stereocenters. The number of nitrogens with zero attached hydrogens (tertiary/aromatic N) is 1. The van der Waals surface area contributed by atoms with Crippen LogP contribution in [0.4, 0.5) is 0 Å². The first kappa shape index (κ1) is 14.4. The topological polar surface area (TPSA) is 32.7 Å². The van der Waals surface area contributed by atoms with Gasteiger partial charge < -0.3 is 14.7 Å². The zero-order valence-electron chi connectivity index (χ0n) is 12.3. The number of aryl methyl sites for hydroxylation is 2. The van der Waals surface area contributed by atoms with Crippen molar-refractivity contribution in [2.75, 3.05) is 26.7 Å². The second-order valence-corrected chi connectivity index (χ2v) is 5.56. The van der Waals surface area contributed by atoms with Gasteiger partial charge in [-0.05, 0) is 68.6 Å². The first-order chi connectivity index (χ1) is 9.11. The second kappa shape index (κ2) is 6.40. The molecule has 1 aromatic rings. The van der Waals surface area contributed by atoms with E-state index in [1.165, 1.54) is 19.3 Å². The maximum Gasteiger partial charge on any atom is 0.122 e. The number of aliphatic hydroxyl groups excluding tert-OH is 1. The molecule has 0 aromatic heterocycles. The molecule has 1 aliphatic heterocycles. The van der Waals surface area contributed by atoms with Gasteiger partial charge in [0.25, 0.3) is 0 Å². The standard InChI is InChI=1S/C16H25NO2/c1-12-10-16(19-3)13(2)9-14(12)15(18)11-17-7-5-4-6-8-17/h9-10,15,18H,4-8,11H2,1-3H3. The average molecular weight is 263 g/mol. The molecule has 1 fully saturated rings. The second-order valence-electron chi connectivity index (χ2n) is 5.56. The van der Waals surface area contributed by atoms with Gasteiger partial charge in [-0.1, -0.05) is 6.42 Å². The molecule has 0 amide bonds. The predicted molar refractivity (Wildman–Crippen MR) is 77.7 cm³/mol. The van der Waals surface area contributed by atoms with Gasteiger partial charge in [0.05, 0.1) is 13.2 Å². The van der Waals surface area contributed by atoms with Crippen molar-refractivity contribution in [3.05, 3.63) is 28.8 Å². The van der Waals surface area contributed by atoms with E-state index in [1.807, 2.05) is 19.9 Å². The maximum absolute atomic E-state index is 10.5. The van der Waals surface area contributed by atoms with E-state index in [0.29, 0.717) is 0 Å². The Morgan fingerprint density at radius 3 is 2.47 bits per heavy atom. The molecule has 1 saturated heterocycles. The van der Waals surface area contributed by atoms with Crippen LogP contribution in [0, 0.1) is 13.8 Å². The van der Waals surface area contributed by atoms with Crippen molar-refractivity contribution < 1.29 is 9.84 Å². The lowest BCUT2D eigenvalue weighted by Crippen LogP contribution is -2.33. The molecular formula is C16H25NO2. The lowest BCUT2D eigenvalue weighted by atomic mass is 9.99. The van der Waals surface area contributed by atoms with Crippen molar-refractivity contribution in [1.82, 2.24) is 4.90 Å². The monoisotopic (exact) mass is 263 g/mol. The molecule has 1 atom stereocenters. The molecule has 0 spiro atoms. The van der Waals surface area contributed by atoms with E-state index in [2.05, 4.69) is 11.0 Å². The van der Waals surface area contributed by atoms with Gasteiger partial charge in [0.2, 0.25) is 0 Å². The molecule has 2 rings (SSSR count). The highest BCUT2D eigenvalue weighted by Gasteiger charge is 2.18. The number of hydrogen-bond donors (Lipinski definition) is 1. The minimum atomic E-state index is -0.400. The Labute approximate surface area is 116 Å². The number of likely N-dealkylation sites (tertiary alicyclic amines) is 1. The molecular weight excluding hydrogens is 238 g/mol. The van der Waals surface area contributed by atoms with Crippen LogP contribution in [0.3, 0.4) is 0 Å². The summed E-state index contributed by atoms with van der Waals surface area (Å²) < 4.78 is 5.32. The summed E-state index contributed by atoms with van der Waals surface area (Å²) in [4.78, 5) is 2.37. The van der Waals surface area contributed by atoms with Gasteiger partial charge in [-0.15, -0.1) is 0 Å². The smallest absolute Gasteiger partial charge is 0.122 e. The van der Waals surface area contributed by atoms with Crippen molar-refractivity contribution in [2.45, 2.75) is 39.2 Å². The Morgan fingerprint density at radius 1 is 1.16 bits per heavy atom. The minimum absolute atomic E-state index is 0.400. The molecule has 0 aliphatic carbocycles. The van der Waals surface area contributed by atoms with Crippen molar-refractivity contribution in [2.24, 2.45) is 0 Å². The normalized spacial score (nSPS) is 18.3. The van der Waals surface area contributed by atoms with Crippen LogP contribution in [0.25, 0.3) is 0 Å². The van der Waals surface area contributed by atoms with Crippen LogP contribution in [0.15, 0.2) is 12.1 Å². The molecule has 19 heavy (non-hydrogen) atoms. The number of rotatable bonds is 4. The van der Waals surface area contributed by atoms with Crippen molar-refractivity contribution in [3.63, 3.8) is 0 Å². The van der Waals surface area contributed by atoms with Crippen LogP contribution in [-0.2, 0) is 0 Å². The van der Waals surface area contributed by atoms with Gasteiger partial charge in [-0.2, -0.15) is 0 Å². The Kier molecular flexibility index (Phi) is 4.83. The van der Waals surface area contributed by atoms with Gasteiger partial charge in [0.15, 0.2) is 0 Å². The quantitative estimate of drug-likeness (QED) is 0.906. The molecule has 3 heteroatoms. The van der Waals surface area contributed by atoms with Gasteiger partial charge in [-0.3, -0.25) is 0 Å². The molecule has 0 bridgehead atoms. The van der Waals surface area contributed by atoms with Crippen molar-refractivity contribution >= 4 is 0 Å². The third-order valence-corrected chi connectivity index (χ3v) is 4.02.